The molecule has 0 radical (unpaired) electrons. The lowest BCUT2D eigenvalue weighted by molar-refractivity contribution is 0.0696. The van der Waals surface area contributed by atoms with Gasteiger partial charge in [0.2, 0.25) is 5.88 Å². The van der Waals surface area contributed by atoms with Crippen molar-refractivity contribution >= 4 is 11.9 Å². The number of pyridine rings is 1. The number of carbonyl (C=O) groups is 2. The molecule has 2 aliphatic carbocycles. The average Bonchev–Trinajstić information content (AvgIpc) is 3.58. The summed E-state index contributed by atoms with van der Waals surface area (Å²) in [5.41, 5.74) is 1.94. The van der Waals surface area contributed by atoms with Gasteiger partial charge in [0.05, 0.1) is 29.9 Å². The molecule has 1 aromatic heterocycles. The van der Waals surface area contributed by atoms with E-state index in [0.717, 1.165) is 37.7 Å². The third-order valence-electron chi connectivity index (χ3n) is 5.75. The van der Waals surface area contributed by atoms with Crippen molar-refractivity contribution in [2.45, 2.75) is 50.7 Å². The van der Waals surface area contributed by atoms with Gasteiger partial charge in [-0.1, -0.05) is 25.0 Å². The lowest BCUT2D eigenvalue weighted by Crippen LogP contribution is -2.45. The SMILES string of the molecule is O=C(O)c1ccc(-c2cc(C(=O)N[C@@H]3CCCC[C@H]3O)cnc2OCC2CC2)cc1. The predicted octanol–water partition coefficient (Wildman–Crippen LogP) is 3.27. The molecule has 0 bridgehead atoms. The van der Waals surface area contributed by atoms with Crippen molar-refractivity contribution in [3.05, 3.63) is 47.7 Å². The van der Waals surface area contributed by atoms with Crippen LogP contribution in [0.25, 0.3) is 11.1 Å². The smallest absolute Gasteiger partial charge is 0.335 e. The summed E-state index contributed by atoms with van der Waals surface area (Å²) in [7, 11) is 0. The first kappa shape index (κ1) is 20.3. The molecule has 2 fully saturated rings. The molecular formula is C23H26N2O5. The molecule has 1 amide bonds. The summed E-state index contributed by atoms with van der Waals surface area (Å²) in [5, 5.41) is 22.2. The topological polar surface area (TPSA) is 109 Å². The van der Waals surface area contributed by atoms with E-state index >= 15 is 0 Å². The number of nitrogens with one attached hydrogen (secondary N) is 1. The van der Waals surface area contributed by atoms with E-state index in [2.05, 4.69) is 10.3 Å². The first-order valence-electron chi connectivity index (χ1n) is 10.5. The lowest BCUT2D eigenvalue weighted by Gasteiger charge is -2.28. The van der Waals surface area contributed by atoms with Crippen molar-refractivity contribution in [3.63, 3.8) is 0 Å². The summed E-state index contributed by atoms with van der Waals surface area (Å²) in [6.07, 6.45) is 6.65. The number of aliphatic hydroxyl groups excluding tert-OH is 1. The van der Waals surface area contributed by atoms with Crippen LogP contribution in [0.2, 0.25) is 0 Å². The van der Waals surface area contributed by atoms with Crippen molar-refractivity contribution in [2.75, 3.05) is 6.61 Å². The largest absolute Gasteiger partial charge is 0.478 e. The molecule has 158 valence electrons. The van der Waals surface area contributed by atoms with Gasteiger partial charge in [-0.2, -0.15) is 0 Å². The van der Waals surface area contributed by atoms with Crippen LogP contribution in [0.4, 0.5) is 0 Å². The third-order valence-corrected chi connectivity index (χ3v) is 5.75. The van der Waals surface area contributed by atoms with E-state index < -0.39 is 12.1 Å². The fourth-order valence-electron chi connectivity index (χ4n) is 3.70. The molecule has 0 saturated heterocycles. The third kappa shape index (κ3) is 4.79. The first-order valence-corrected chi connectivity index (χ1v) is 10.5. The quantitative estimate of drug-likeness (QED) is 0.646. The minimum Gasteiger partial charge on any atom is -0.478 e. The number of aromatic carboxylic acids is 1. The highest BCUT2D eigenvalue weighted by atomic mass is 16.5. The molecule has 2 aliphatic rings. The number of ether oxygens (including phenoxy) is 1. The zero-order valence-electron chi connectivity index (χ0n) is 16.7. The fourth-order valence-corrected chi connectivity index (χ4v) is 3.70. The molecule has 3 N–H and O–H groups in total. The molecule has 0 unspecified atom stereocenters. The van der Waals surface area contributed by atoms with Gasteiger partial charge < -0.3 is 20.3 Å². The summed E-state index contributed by atoms with van der Waals surface area (Å²) < 4.78 is 5.90. The standard InChI is InChI=1S/C23H26N2O5/c26-20-4-2-1-3-19(20)25-21(27)17-11-18(15-7-9-16(10-8-15)23(28)29)22(24-12-17)30-13-14-5-6-14/h7-12,14,19-20,26H,1-6,13H2,(H,25,27)(H,28,29)/t19-,20-/m1/s1. The van der Waals surface area contributed by atoms with Gasteiger partial charge in [0, 0.05) is 11.8 Å². The van der Waals surface area contributed by atoms with Gasteiger partial charge in [0.1, 0.15) is 0 Å². The number of carbonyl (C=O) groups excluding carboxylic acids is 1. The number of aromatic nitrogens is 1. The molecule has 7 heteroatoms. The molecule has 2 saturated carbocycles. The second-order valence-corrected chi connectivity index (χ2v) is 8.15. The monoisotopic (exact) mass is 410 g/mol. The second kappa shape index (κ2) is 8.83. The zero-order valence-corrected chi connectivity index (χ0v) is 16.7. The minimum atomic E-state index is -0.996. The molecule has 1 aromatic carbocycles. The van der Waals surface area contributed by atoms with E-state index in [9.17, 15) is 14.7 Å². The van der Waals surface area contributed by atoms with Gasteiger partial charge >= 0.3 is 5.97 Å². The van der Waals surface area contributed by atoms with Crippen LogP contribution in [0.1, 0.15) is 59.2 Å². The van der Waals surface area contributed by atoms with Crippen molar-refractivity contribution in [2.24, 2.45) is 5.92 Å². The number of nitrogens with zero attached hydrogens (tertiary/aromatic N) is 1. The number of hydrogen-bond acceptors (Lipinski definition) is 5. The van der Waals surface area contributed by atoms with Crippen LogP contribution in [0.3, 0.4) is 0 Å². The highest BCUT2D eigenvalue weighted by Crippen LogP contribution is 2.33. The Balaban J connectivity index is 1.59. The molecule has 30 heavy (non-hydrogen) atoms. The van der Waals surface area contributed by atoms with Crippen LogP contribution in [-0.4, -0.2) is 45.8 Å². The van der Waals surface area contributed by atoms with Crippen molar-refractivity contribution in [1.29, 1.82) is 0 Å². The van der Waals surface area contributed by atoms with Crippen molar-refractivity contribution < 1.29 is 24.5 Å². The number of carboxylic acid groups (broad SMARTS) is 1. The predicted molar refractivity (Wildman–Crippen MR) is 111 cm³/mol. The molecular weight excluding hydrogens is 384 g/mol. The van der Waals surface area contributed by atoms with Gasteiger partial charge in [-0.3, -0.25) is 4.79 Å². The summed E-state index contributed by atoms with van der Waals surface area (Å²) in [6, 6.07) is 7.89. The molecule has 4 rings (SSSR count). The zero-order chi connectivity index (χ0) is 21.1. The summed E-state index contributed by atoms with van der Waals surface area (Å²) >= 11 is 0. The molecule has 0 aliphatic heterocycles. The maximum absolute atomic E-state index is 12.8. The maximum Gasteiger partial charge on any atom is 0.335 e. The second-order valence-electron chi connectivity index (χ2n) is 8.15. The number of amides is 1. The number of aliphatic hydroxyl groups is 1. The Hall–Kier alpha value is -2.93. The van der Waals surface area contributed by atoms with E-state index in [1.54, 1.807) is 18.2 Å². The van der Waals surface area contributed by atoms with Gasteiger partial charge in [0.15, 0.2) is 0 Å². The Labute approximate surface area is 175 Å². The van der Waals surface area contributed by atoms with Crippen LogP contribution in [0.15, 0.2) is 36.5 Å². The Kier molecular flexibility index (Phi) is 5.99. The Morgan fingerprint density at radius 3 is 2.47 bits per heavy atom. The van der Waals surface area contributed by atoms with Gasteiger partial charge in [0.25, 0.3) is 5.91 Å². The number of carboxylic acids is 1. The van der Waals surface area contributed by atoms with Crippen LogP contribution in [-0.2, 0) is 0 Å². The van der Waals surface area contributed by atoms with Crippen molar-refractivity contribution in [3.8, 4) is 17.0 Å². The van der Waals surface area contributed by atoms with E-state index in [1.807, 2.05) is 0 Å². The van der Waals surface area contributed by atoms with Gasteiger partial charge in [-0.25, -0.2) is 9.78 Å². The molecule has 0 spiro atoms. The first-order chi connectivity index (χ1) is 14.5. The molecule has 7 nitrogen and oxygen atoms in total. The van der Waals surface area contributed by atoms with Crippen LogP contribution in [0.5, 0.6) is 5.88 Å². The number of rotatable bonds is 7. The minimum absolute atomic E-state index is 0.187. The van der Waals surface area contributed by atoms with E-state index in [1.165, 1.54) is 18.3 Å². The van der Waals surface area contributed by atoms with Crippen LogP contribution in [0, 0.1) is 5.92 Å². The Morgan fingerprint density at radius 2 is 1.80 bits per heavy atom. The highest BCUT2D eigenvalue weighted by molar-refractivity contribution is 5.96. The van der Waals surface area contributed by atoms with E-state index in [-0.39, 0.29) is 17.5 Å². The number of benzene rings is 1. The normalized spacial score (nSPS) is 21.1. The van der Waals surface area contributed by atoms with Gasteiger partial charge in [-0.15, -0.1) is 0 Å². The number of hydrogen-bond donors (Lipinski definition) is 3. The average molecular weight is 410 g/mol. The fraction of sp³-hybridized carbons (Fsp3) is 0.435. The Bertz CT molecular complexity index is 924. The Morgan fingerprint density at radius 1 is 1.07 bits per heavy atom. The van der Waals surface area contributed by atoms with E-state index in [0.29, 0.717) is 36.0 Å². The lowest BCUT2D eigenvalue weighted by atomic mass is 9.92. The highest BCUT2D eigenvalue weighted by Gasteiger charge is 2.26. The molecule has 2 atom stereocenters. The summed E-state index contributed by atoms with van der Waals surface area (Å²) in [5.74, 6) is -0.307. The molecule has 2 aromatic rings. The van der Waals surface area contributed by atoms with Crippen molar-refractivity contribution in [1.82, 2.24) is 10.3 Å². The maximum atomic E-state index is 12.8. The summed E-state index contributed by atoms with van der Waals surface area (Å²) in [4.78, 5) is 28.3. The van der Waals surface area contributed by atoms with Gasteiger partial charge in [-0.05, 0) is 55.4 Å². The molecule has 1 heterocycles. The van der Waals surface area contributed by atoms with Crippen LogP contribution < -0.4 is 10.1 Å². The van der Waals surface area contributed by atoms with E-state index in [4.69, 9.17) is 9.84 Å². The van der Waals surface area contributed by atoms with Crippen LogP contribution >= 0.6 is 0 Å². The summed E-state index contributed by atoms with van der Waals surface area (Å²) in [6.45, 7) is 0.576.